The number of nitrogens with zero attached hydrogens (tertiary/aromatic N) is 4. The van der Waals surface area contributed by atoms with Crippen molar-refractivity contribution in [1.29, 1.82) is 0 Å². The van der Waals surface area contributed by atoms with E-state index in [0.717, 1.165) is 10.4 Å². The van der Waals surface area contributed by atoms with Crippen molar-refractivity contribution in [1.82, 2.24) is 14.3 Å². The predicted molar refractivity (Wildman–Crippen MR) is 101 cm³/mol. The van der Waals surface area contributed by atoms with E-state index in [1.165, 1.54) is 11.3 Å². The molecule has 0 fully saturated rings. The van der Waals surface area contributed by atoms with Crippen LogP contribution in [-0.2, 0) is 13.1 Å². The Morgan fingerprint density at radius 1 is 1.40 bits per heavy atom. The number of amides is 1. The molecule has 5 nitrogen and oxygen atoms in total. The van der Waals surface area contributed by atoms with Crippen LogP contribution in [0, 0.1) is 19.3 Å². The maximum Gasteiger partial charge on any atom is 0.297 e. The second kappa shape index (κ2) is 7.04. The summed E-state index contributed by atoms with van der Waals surface area (Å²) in [6, 6.07) is 5.13. The third kappa shape index (κ3) is 3.23. The van der Waals surface area contributed by atoms with Crippen LogP contribution in [0.1, 0.15) is 23.1 Å². The van der Waals surface area contributed by atoms with Crippen molar-refractivity contribution in [3.8, 4) is 12.3 Å². The van der Waals surface area contributed by atoms with Crippen LogP contribution >= 0.6 is 34.5 Å². The summed E-state index contributed by atoms with van der Waals surface area (Å²) in [5, 5.41) is 5.33. The predicted octanol–water partition coefficient (Wildman–Crippen LogP) is 3.91. The number of hydrogen-bond donors (Lipinski definition) is 0. The Bertz CT molecular complexity index is 1080. The number of carbonyl (C=O) groups is 1. The number of aromatic nitrogens is 3. The summed E-state index contributed by atoms with van der Waals surface area (Å²) >= 11 is 13.9. The Balaban J connectivity index is 2.24. The molecule has 25 heavy (non-hydrogen) atoms. The topological polar surface area (TPSA) is 52.2 Å². The summed E-state index contributed by atoms with van der Waals surface area (Å²) < 4.78 is 4.10. The van der Waals surface area contributed by atoms with Gasteiger partial charge in [0.05, 0.1) is 32.5 Å². The van der Waals surface area contributed by atoms with Gasteiger partial charge in [-0.3, -0.25) is 9.48 Å². The highest BCUT2D eigenvalue weighted by atomic mass is 35.5. The van der Waals surface area contributed by atoms with Crippen molar-refractivity contribution in [3.63, 3.8) is 0 Å². The lowest BCUT2D eigenvalue weighted by Crippen LogP contribution is -2.18. The summed E-state index contributed by atoms with van der Waals surface area (Å²) in [7, 11) is 0. The first-order chi connectivity index (χ1) is 12.0. The van der Waals surface area contributed by atoms with E-state index >= 15 is 0 Å². The normalized spacial score (nSPS) is 11.9. The van der Waals surface area contributed by atoms with Crippen molar-refractivity contribution >= 4 is 50.7 Å². The minimum atomic E-state index is -0.382. The summed E-state index contributed by atoms with van der Waals surface area (Å²) in [4.78, 5) is 17.4. The number of rotatable bonds is 3. The van der Waals surface area contributed by atoms with Gasteiger partial charge in [-0.25, -0.2) is 0 Å². The fraction of sp³-hybridized carbons (Fsp3) is 0.235. The number of hydrogen-bond acceptors (Lipinski definition) is 3. The molecule has 0 aliphatic carbocycles. The molecule has 0 saturated heterocycles. The van der Waals surface area contributed by atoms with Crippen LogP contribution in [-0.4, -0.2) is 20.3 Å². The molecule has 3 aromatic rings. The van der Waals surface area contributed by atoms with Crippen LogP contribution in [0.25, 0.3) is 10.2 Å². The number of terminal acetylenes is 1. The molecule has 0 unspecified atom stereocenters. The lowest BCUT2D eigenvalue weighted by Gasteiger charge is -2.03. The van der Waals surface area contributed by atoms with E-state index in [-0.39, 0.29) is 12.5 Å². The lowest BCUT2D eigenvalue weighted by molar-refractivity contribution is 0.0987. The van der Waals surface area contributed by atoms with Crippen LogP contribution < -0.4 is 4.80 Å². The van der Waals surface area contributed by atoms with E-state index < -0.39 is 0 Å². The highest BCUT2D eigenvalue weighted by Gasteiger charge is 2.16. The summed E-state index contributed by atoms with van der Waals surface area (Å²) in [6.45, 7) is 4.57. The SMILES string of the molecule is C#CCn1c(=NC(=O)c2cc(C)nn2CC)sc2c(Cl)ccc(Cl)c21. The second-order valence-corrected chi connectivity index (χ2v) is 7.08. The number of benzene rings is 1. The fourth-order valence-corrected chi connectivity index (χ4v) is 4.18. The van der Waals surface area contributed by atoms with E-state index in [4.69, 9.17) is 29.6 Å². The first kappa shape index (κ1) is 17.7. The van der Waals surface area contributed by atoms with Gasteiger partial charge in [0.2, 0.25) is 0 Å². The van der Waals surface area contributed by atoms with Gasteiger partial charge in [-0.2, -0.15) is 10.1 Å². The van der Waals surface area contributed by atoms with Crippen LogP contribution in [0.15, 0.2) is 23.2 Å². The molecule has 0 atom stereocenters. The monoisotopic (exact) mass is 392 g/mol. The highest BCUT2D eigenvalue weighted by Crippen LogP contribution is 2.31. The summed E-state index contributed by atoms with van der Waals surface area (Å²) in [5.74, 6) is 2.19. The van der Waals surface area contributed by atoms with E-state index in [9.17, 15) is 4.79 Å². The molecule has 0 radical (unpaired) electrons. The van der Waals surface area contributed by atoms with Crippen molar-refractivity contribution in [2.24, 2.45) is 4.99 Å². The van der Waals surface area contributed by atoms with Crippen molar-refractivity contribution in [2.75, 3.05) is 0 Å². The van der Waals surface area contributed by atoms with Crippen LogP contribution in [0.2, 0.25) is 10.0 Å². The van der Waals surface area contributed by atoms with Gasteiger partial charge in [0.25, 0.3) is 5.91 Å². The maximum absolute atomic E-state index is 12.7. The standard InChI is InChI=1S/C17H14Cl2N4OS/c1-4-8-22-14-11(18)6-7-12(19)15(14)25-17(22)20-16(24)13-9-10(3)21-23(13)5-2/h1,6-7,9H,5,8H2,2-3H3. The fourth-order valence-electron chi connectivity index (χ4n) is 2.54. The molecular weight excluding hydrogens is 379 g/mol. The Hall–Kier alpha value is -2.07. The zero-order chi connectivity index (χ0) is 18.1. The van der Waals surface area contributed by atoms with Gasteiger partial charge in [0.1, 0.15) is 5.69 Å². The molecule has 0 aliphatic rings. The number of fused-ring (bicyclic) bond motifs is 1. The van der Waals surface area contributed by atoms with Crippen LogP contribution in [0.5, 0.6) is 0 Å². The number of carbonyl (C=O) groups excluding carboxylic acids is 1. The Morgan fingerprint density at radius 3 is 2.80 bits per heavy atom. The third-order valence-electron chi connectivity index (χ3n) is 3.60. The summed E-state index contributed by atoms with van der Waals surface area (Å²) in [6.07, 6.45) is 5.48. The molecule has 0 bridgehead atoms. The van der Waals surface area contributed by atoms with Gasteiger partial charge in [0, 0.05) is 6.54 Å². The minimum absolute atomic E-state index is 0.234. The van der Waals surface area contributed by atoms with Crippen LogP contribution in [0.4, 0.5) is 0 Å². The van der Waals surface area contributed by atoms with E-state index in [2.05, 4.69) is 16.0 Å². The van der Waals surface area contributed by atoms with Crippen molar-refractivity contribution < 1.29 is 4.79 Å². The average molecular weight is 393 g/mol. The van der Waals surface area contributed by atoms with E-state index in [1.807, 2.05) is 13.8 Å². The van der Waals surface area contributed by atoms with E-state index in [0.29, 0.717) is 32.6 Å². The molecule has 0 aliphatic heterocycles. The Labute approximate surface area is 158 Å². The zero-order valence-electron chi connectivity index (χ0n) is 13.6. The van der Waals surface area contributed by atoms with Crippen LogP contribution in [0.3, 0.4) is 0 Å². The molecule has 1 aromatic carbocycles. The van der Waals surface area contributed by atoms with Gasteiger partial charge in [-0.05, 0) is 32.0 Å². The highest BCUT2D eigenvalue weighted by molar-refractivity contribution is 7.17. The molecule has 1 amide bonds. The maximum atomic E-state index is 12.7. The van der Waals surface area contributed by atoms with Gasteiger partial charge < -0.3 is 4.57 Å². The molecule has 0 saturated carbocycles. The molecule has 0 N–H and O–H groups in total. The number of aryl methyl sites for hydroxylation is 2. The molecule has 3 rings (SSSR count). The van der Waals surface area contributed by atoms with Crippen molar-refractivity contribution in [3.05, 3.63) is 44.4 Å². The summed E-state index contributed by atoms with van der Waals surface area (Å²) in [5.41, 5.74) is 1.88. The quantitative estimate of drug-likeness (QED) is 0.634. The minimum Gasteiger partial charge on any atom is -0.303 e. The number of thiazole rings is 1. The zero-order valence-corrected chi connectivity index (χ0v) is 15.9. The third-order valence-corrected chi connectivity index (χ3v) is 5.44. The van der Waals surface area contributed by atoms with Crippen molar-refractivity contribution in [2.45, 2.75) is 26.9 Å². The molecule has 128 valence electrons. The molecule has 8 heteroatoms. The Morgan fingerprint density at radius 2 is 2.12 bits per heavy atom. The molecule has 2 aromatic heterocycles. The second-order valence-electron chi connectivity index (χ2n) is 5.29. The van der Waals surface area contributed by atoms with Gasteiger partial charge >= 0.3 is 0 Å². The van der Waals surface area contributed by atoms with E-state index in [1.54, 1.807) is 27.4 Å². The largest absolute Gasteiger partial charge is 0.303 e. The Kier molecular flexibility index (Phi) is 5.00. The lowest BCUT2D eigenvalue weighted by atomic mass is 10.3. The van der Waals surface area contributed by atoms with Gasteiger partial charge in [-0.1, -0.05) is 40.5 Å². The molecular formula is C17H14Cl2N4OS. The van der Waals surface area contributed by atoms with Gasteiger partial charge in [-0.15, -0.1) is 6.42 Å². The van der Waals surface area contributed by atoms with Gasteiger partial charge in [0.15, 0.2) is 4.80 Å². The smallest absolute Gasteiger partial charge is 0.297 e. The first-order valence-corrected chi connectivity index (χ1v) is 9.07. The molecule has 0 spiro atoms. The molecule has 2 heterocycles. The average Bonchev–Trinajstić information content (AvgIpc) is 3.13. The first-order valence-electron chi connectivity index (χ1n) is 7.50. The number of halogens is 2.